The monoisotopic (exact) mass is 391 g/mol. The molecule has 126 valence electrons. The quantitative estimate of drug-likeness (QED) is 0.457. The largest absolute Gasteiger partial charge is 0.344 e. The molecule has 0 spiro atoms. The number of benzene rings is 3. The van der Waals surface area contributed by atoms with Gasteiger partial charge in [-0.15, -0.1) is 0 Å². The lowest BCUT2D eigenvalue weighted by Gasteiger charge is -2.43. The van der Waals surface area contributed by atoms with E-state index >= 15 is 0 Å². The maximum atomic E-state index is 3.58. The molecule has 0 saturated heterocycles. The van der Waals surface area contributed by atoms with Gasteiger partial charge in [-0.1, -0.05) is 63.5 Å². The fraction of sp³-hybridized carbons (Fsp3) is 0.217. The Balaban J connectivity index is 2.09. The Hall–Kier alpha value is -2.06. The predicted octanol–water partition coefficient (Wildman–Crippen LogP) is 6.50. The minimum absolute atomic E-state index is 0.171. The first-order valence-corrected chi connectivity index (χ1v) is 9.42. The van der Waals surface area contributed by atoms with Crippen LogP contribution in [-0.4, -0.2) is 7.05 Å². The summed E-state index contributed by atoms with van der Waals surface area (Å²) in [6.45, 7) is 6.71. The standard InChI is InChI=1S/C23H22BrN/c1-15-5-11-21-19(13-15)23(3,17-7-9-18(24)10-8-17)20-14-16(2)6-12-22(20)25(21)4/h5-14H,1-4H3. The third-order valence-electron chi connectivity index (χ3n) is 5.53. The molecule has 0 atom stereocenters. The maximum absolute atomic E-state index is 3.58. The Morgan fingerprint density at radius 1 is 0.760 bits per heavy atom. The number of nitrogens with zero attached hydrogens (tertiary/aromatic N) is 1. The van der Waals surface area contributed by atoms with E-state index in [-0.39, 0.29) is 5.41 Å². The average molecular weight is 392 g/mol. The van der Waals surface area contributed by atoms with Crippen LogP contribution in [0.4, 0.5) is 11.4 Å². The van der Waals surface area contributed by atoms with Crippen molar-refractivity contribution in [2.45, 2.75) is 26.2 Å². The van der Waals surface area contributed by atoms with E-state index in [4.69, 9.17) is 0 Å². The second-order valence-corrected chi connectivity index (χ2v) is 8.15. The molecular formula is C23H22BrN. The number of aryl methyl sites for hydroxylation is 2. The first kappa shape index (κ1) is 16.4. The molecule has 2 heteroatoms. The molecule has 1 aliphatic rings. The lowest BCUT2D eigenvalue weighted by Crippen LogP contribution is -2.34. The second-order valence-electron chi connectivity index (χ2n) is 7.23. The van der Waals surface area contributed by atoms with E-state index in [0.29, 0.717) is 0 Å². The molecule has 3 aromatic rings. The van der Waals surface area contributed by atoms with Gasteiger partial charge in [-0.3, -0.25) is 0 Å². The summed E-state index contributed by atoms with van der Waals surface area (Å²) >= 11 is 3.58. The zero-order valence-corrected chi connectivity index (χ0v) is 16.7. The molecule has 0 aromatic heterocycles. The minimum atomic E-state index is -0.171. The number of rotatable bonds is 1. The van der Waals surface area contributed by atoms with Gasteiger partial charge in [0.25, 0.3) is 0 Å². The van der Waals surface area contributed by atoms with E-state index in [1.165, 1.54) is 39.2 Å². The van der Waals surface area contributed by atoms with Gasteiger partial charge in [0.2, 0.25) is 0 Å². The Labute approximate surface area is 158 Å². The van der Waals surface area contributed by atoms with Crippen LogP contribution in [0, 0.1) is 13.8 Å². The van der Waals surface area contributed by atoms with Gasteiger partial charge in [-0.2, -0.15) is 0 Å². The highest BCUT2D eigenvalue weighted by molar-refractivity contribution is 9.10. The van der Waals surface area contributed by atoms with E-state index in [0.717, 1.165) is 4.47 Å². The van der Waals surface area contributed by atoms with Crippen LogP contribution >= 0.6 is 15.9 Å². The van der Waals surface area contributed by atoms with Crippen molar-refractivity contribution in [3.63, 3.8) is 0 Å². The van der Waals surface area contributed by atoms with Gasteiger partial charge in [-0.25, -0.2) is 0 Å². The molecule has 0 radical (unpaired) electrons. The minimum Gasteiger partial charge on any atom is -0.344 e. The van der Waals surface area contributed by atoms with Crippen LogP contribution < -0.4 is 4.90 Å². The molecule has 0 saturated carbocycles. The van der Waals surface area contributed by atoms with Crippen molar-refractivity contribution >= 4 is 27.3 Å². The van der Waals surface area contributed by atoms with E-state index in [1.54, 1.807) is 0 Å². The molecule has 25 heavy (non-hydrogen) atoms. The average Bonchev–Trinajstić information content (AvgIpc) is 2.60. The molecule has 0 unspecified atom stereocenters. The van der Waals surface area contributed by atoms with Gasteiger partial charge in [0.1, 0.15) is 0 Å². The number of hydrogen-bond acceptors (Lipinski definition) is 1. The number of fused-ring (bicyclic) bond motifs is 2. The van der Waals surface area contributed by atoms with Gasteiger partial charge >= 0.3 is 0 Å². The SMILES string of the molecule is Cc1ccc2c(c1)C(C)(c1ccc(Br)cc1)c1cc(C)ccc1N2C. The summed E-state index contributed by atoms with van der Waals surface area (Å²) in [4.78, 5) is 2.32. The molecular weight excluding hydrogens is 370 g/mol. The molecule has 3 aromatic carbocycles. The van der Waals surface area contributed by atoms with Crippen molar-refractivity contribution in [1.82, 2.24) is 0 Å². The van der Waals surface area contributed by atoms with E-state index in [9.17, 15) is 0 Å². The van der Waals surface area contributed by atoms with Gasteiger partial charge in [0.15, 0.2) is 0 Å². The summed E-state index contributed by atoms with van der Waals surface area (Å²) < 4.78 is 1.11. The molecule has 0 N–H and O–H groups in total. The third kappa shape index (κ3) is 2.43. The Kier molecular flexibility index (Phi) is 3.77. The molecule has 1 nitrogen and oxygen atoms in total. The fourth-order valence-electron chi connectivity index (χ4n) is 4.05. The van der Waals surface area contributed by atoms with Crippen LogP contribution in [0.1, 0.15) is 34.7 Å². The van der Waals surface area contributed by atoms with Crippen molar-refractivity contribution in [3.05, 3.63) is 93.0 Å². The maximum Gasteiger partial charge on any atom is 0.0464 e. The lowest BCUT2D eigenvalue weighted by molar-refractivity contribution is 0.676. The summed E-state index contributed by atoms with van der Waals surface area (Å²) in [6.07, 6.45) is 0. The van der Waals surface area contributed by atoms with Crippen LogP contribution in [0.5, 0.6) is 0 Å². The zero-order chi connectivity index (χ0) is 17.8. The molecule has 4 rings (SSSR count). The highest BCUT2D eigenvalue weighted by Crippen LogP contribution is 2.52. The third-order valence-corrected chi connectivity index (χ3v) is 6.05. The highest BCUT2D eigenvalue weighted by atomic mass is 79.9. The molecule has 0 aliphatic carbocycles. The summed E-state index contributed by atoms with van der Waals surface area (Å²) in [7, 11) is 2.17. The van der Waals surface area contributed by atoms with Crippen molar-refractivity contribution in [3.8, 4) is 0 Å². The van der Waals surface area contributed by atoms with Crippen molar-refractivity contribution < 1.29 is 0 Å². The molecule has 0 bridgehead atoms. The Morgan fingerprint density at radius 2 is 1.24 bits per heavy atom. The predicted molar refractivity (Wildman–Crippen MR) is 110 cm³/mol. The highest BCUT2D eigenvalue weighted by Gasteiger charge is 2.40. The number of anilines is 2. The van der Waals surface area contributed by atoms with E-state index in [1.807, 2.05) is 0 Å². The summed E-state index contributed by atoms with van der Waals surface area (Å²) in [6, 6.07) is 22.4. The molecule has 0 amide bonds. The topological polar surface area (TPSA) is 3.24 Å². The van der Waals surface area contributed by atoms with Crippen LogP contribution in [-0.2, 0) is 5.41 Å². The van der Waals surface area contributed by atoms with Crippen LogP contribution in [0.25, 0.3) is 0 Å². The molecule has 1 aliphatic heterocycles. The summed E-state index contributed by atoms with van der Waals surface area (Å²) in [5.74, 6) is 0. The summed E-state index contributed by atoms with van der Waals surface area (Å²) in [5.41, 5.74) is 9.06. The smallest absolute Gasteiger partial charge is 0.0464 e. The van der Waals surface area contributed by atoms with E-state index in [2.05, 4.69) is 109 Å². The molecule has 1 heterocycles. The van der Waals surface area contributed by atoms with Gasteiger partial charge in [-0.05, 0) is 61.7 Å². The Morgan fingerprint density at radius 3 is 1.72 bits per heavy atom. The Bertz CT molecular complexity index is 903. The van der Waals surface area contributed by atoms with E-state index < -0.39 is 0 Å². The number of halogens is 1. The normalized spacial score (nSPS) is 14.8. The van der Waals surface area contributed by atoms with Crippen molar-refractivity contribution in [2.75, 3.05) is 11.9 Å². The first-order valence-electron chi connectivity index (χ1n) is 8.63. The summed E-state index contributed by atoms with van der Waals surface area (Å²) in [5, 5.41) is 0. The van der Waals surface area contributed by atoms with Crippen LogP contribution in [0.2, 0.25) is 0 Å². The van der Waals surface area contributed by atoms with Gasteiger partial charge in [0, 0.05) is 28.3 Å². The molecule has 0 fully saturated rings. The second kappa shape index (κ2) is 5.74. The fourth-order valence-corrected chi connectivity index (χ4v) is 4.32. The van der Waals surface area contributed by atoms with Gasteiger partial charge < -0.3 is 4.90 Å². The van der Waals surface area contributed by atoms with Crippen molar-refractivity contribution in [1.29, 1.82) is 0 Å². The van der Waals surface area contributed by atoms with Crippen LogP contribution in [0.3, 0.4) is 0 Å². The van der Waals surface area contributed by atoms with Crippen molar-refractivity contribution in [2.24, 2.45) is 0 Å². The lowest BCUT2D eigenvalue weighted by atomic mass is 9.67. The van der Waals surface area contributed by atoms with Gasteiger partial charge in [0.05, 0.1) is 0 Å². The number of hydrogen-bond donors (Lipinski definition) is 0. The zero-order valence-electron chi connectivity index (χ0n) is 15.1. The first-order chi connectivity index (χ1) is 11.9. The van der Waals surface area contributed by atoms with Crippen LogP contribution in [0.15, 0.2) is 65.1 Å².